The van der Waals surface area contributed by atoms with Gasteiger partial charge >= 0.3 is 0 Å². The Morgan fingerprint density at radius 3 is 2.11 bits per heavy atom. The van der Waals surface area contributed by atoms with Crippen LogP contribution in [0.1, 0.15) is 24.0 Å². The van der Waals surface area contributed by atoms with Crippen molar-refractivity contribution >= 4 is 48.9 Å². The Balaban J connectivity index is 1.31. The Labute approximate surface area is 222 Å². The lowest BCUT2D eigenvalue weighted by Gasteiger charge is -2.30. The number of anilines is 2. The lowest BCUT2D eigenvalue weighted by atomic mass is 9.97. The van der Waals surface area contributed by atoms with Crippen LogP contribution in [0, 0.1) is 12.8 Å². The predicted octanol–water partition coefficient (Wildman–Crippen LogP) is 4.63. The fraction of sp³-hybridized carbons (Fsp3) is 0.269. The molecule has 4 rings (SSSR count). The molecule has 1 aliphatic heterocycles. The van der Waals surface area contributed by atoms with Gasteiger partial charge < -0.3 is 5.32 Å². The maximum absolute atomic E-state index is 12.9. The zero-order valence-electron chi connectivity index (χ0n) is 20.2. The summed E-state index contributed by atoms with van der Waals surface area (Å²) in [5, 5.41) is 3.31. The molecule has 8 nitrogen and oxygen atoms in total. The van der Waals surface area contributed by atoms with E-state index >= 15 is 0 Å². The van der Waals surface area contributed by atoms with E-state index in [2.05, 4.69) is 10.0 Å². The first-order chi connectivity index (χ1) is 17.5. The molecule has 0 spiro atoms. The third-order valence-electron chi connectivity index (χ3n) is 6.35. The smallest absolute Gasteiger partial charge is 0.261 e. The second kappa shape index (κ2) is 11.2. The van der Waals surface area contributed by atoms with E-state index in [4.69, 9.17) is 11.6 Å². The van der Waals surface area contributed by atoms with Gasteiger partial charge in [-0.3, -0.25) is 9.52 Å². The molecule has 196 valence electrons. The number of nitrogens with zero attached hydrogens (tertiary/aromatic N) is 1. The number of rotatable bonds is 8. The quantitative estimate of drug-likeness (QED) is 0.416. The van der Waals surface area contributed by atoms with Crippen molar-refractivity contribution in [1.29, 1.82) is 0 Å². The number of aryl methyl sites for hydroxylation is 1. The van der Waals surface area contributed by atoms with E-state index in [1.165, 1.54) is 28.6 Å². The Morgan fingerprint density at radius 2 is 1.49 bits per heavy atom. The molecule has 0 bridgehead atoms. The number of hydrogen-bond acceptors (Lipinski definition) is 5. The molecule has 1 saturated heterocycles. The fourth-order valence-electron chi connectivity index (χ4n) is 4.15. The van der Waals surface area contributed by atoms with Crippen molar-refractivity contribution in [3.63, 3.8) is 0 Å². The number of sulfonamides is 2. The zero-order chi connectivity index (χ0) is 26.6. The maximum Gasteiger partial charge on any atom is 0.261 e. The molecule has 37 heavy (non-hydrogen) atoms. The monoisotopic (exact) mass is 561 g/mol. The molecule has 11 heteroatoms. The summed E-state index contributed by atoms with van der Waals surface area (Å²) in [6.07, 6.45) is 0.826. The summed E-state index contributed by atoms with van der Waals surface area (Å²) < 4.78 is 55.0. The highest BCUT2D eigenvalue weighted by Crippen LogP contribution is 2.25. The molecule has 0 saturated carbocycles. The van der Waals surface area contributed by atoms with Crippen LogP contribution in [0.3, 0.4) is 0 Å². The van der Waals surface area contributed by atoms with Crippen LogP contribution in [0.15, 0.2) is 77.7 Å². The van der Waals surface area contributed by atoms with Gasteiger partial charge in [-0.2, -0.15) is 0 Å². The minimum absolute atomic E-state index is 0.0487. The van der Waals surface area contributed by atoms with Crippen LogP contribution < -0.4 is 10.0 Å². The molecule has 1 amide bonds. The fourth-order valence-corrected chi connectivity index (χ4v) is 7.00. The molecule has 2 N–H and O–H groups in total. The van der Waals surface area contributed by atoms with Gasteiger partial charge in [0.05, 0.1) is 10.6 Å². The number of amides is 1. The van der Waals surface area contributed by atoms with Crippen molar-refractivity contribution in [2.45, 2.75) is 30.4 Å². The van der Waals surface area contributed by atoms with Gasteiger partial charge in [-0.25, -0.2) is 21.1 Å². The molecule has 1 fully saturated rings. The Morgan fingerprint density at radius 1 is 0.892 bits per heavy atom. The lowest BCUT2D eigenvalue weighted by molar-refractivity contribution is -0.120. The van der Waals surface area contributed by atoms with E-state index < -0.39 is 20.0 Å². The molecule has 3 aromatic carbocycles. The normalized spacial score (nSPS) is 15.3. The van der Waals surface area contributed by atoms with Gasteiger partial charge in [-0.15, -0.1) is 0 Å². The molecule has 1 heterocycles. The third-order valence-corrected chi connectivity index (χ3v) is 9.82. The Hall–Kier alpha value is -2.92. The minimum atomic E-state index is -3.81. The average Bonchev–Trinajstić information content (AvgIpc) is 2.87. The van der Waals surface area contributed by atoms with E-state index in [1.807, 2.05) is 31.2 Å². The predicted molar refractivity (Wildman–Crippen MR) is 145 cm³/mol. The number of carbonyl (C=O) groups is 1. The summed E-state index contributed by atoms with van der Waals surface area (Å²) in [6.45, 7) is 2.44. The zero-order valence-corrected chi connectivity index (χ0v) is 22.6. The summed E-state index contributed by atoms with van der Waals surface area (Å²) >= 11 is 5.84. The summed E-state index contributed by atoms with van der Waals surface area (Å²) in [5.41, 5.74) is 2.55. The summed E-state index contributed by atoms with van der Waals surface area (Å²) in [4.78, 5) is 12.8. The van der Waals surface area contributed by atoms with Crippen molar-refractivity contribution in [2.24, 2.45) is 5.92 Å². The van der Waals surface area contributed by atoms with E-state index in [0.29, 0.717) is 29.2 Å². The van der Waals surface area contributed by atoms with Crippen molar-refractivity contribution in [2.75, 3.05) is 23.1 Å². The van der Waals surface area contributed by atoms with Gasteiger partial charge in [-0.05, 0) is 79.4 Å². The van der Waals surface area contributed by atoms with Crippen molar-refractivity contribution in [1.82, 2.24) is 4.31 Å². The number of carbonyl (C=O) groups excluding carboxylic acids is 1. The summed E-state index contributed by atoms with van der Waals surface area (Å²) in [7, 11) is -7.28. The van der Waals surface area contributed by atoms with Crippen molar-refractivity contribution in [3.05, 3.63) is 88.9 Å². The highest BCUT2D eigenvalue weighted by molar-refractivity contribution is 7.92. The molecule has 1 aliphatic rings. The van der Waals surface area contributed by atoms with Gasteiger partial charge in [0.2, 0.25) is 15.9 Å². The minimum Gasteiger partial charge on any atom is -0.326 e. The molecule has 0 aromatic heterocycles. The van der Waals surface area contributed by atoms with E-state index in [0.717, 1.165) is 11.1 Å². The van der Waals surface area contributed by atoms with E-state index in [1.54, 1.807) is 24.3 Å². The van der Waals surface area contributed by atoms with Gasteiger partial charge in [0.25, 0.3) is 10.0 Å². The second-order valence-electron chi connectivity index (χ2n) is 8.98. The molecule has 0 unspecified atom stereocenters. The lowest BCUT2D eigenvalue weighted by Crippen LogP contribution is -2.41. The van der Waals surface area contributed by atoms with E-state index in [-0.39, 0.29) is 35.6 Å². The topological polar surface area (TPSA) is 113 Å². The molecular weight excluding hydrogens is 534 g/mol. The first-order valence-corrected chi connectivity index (χ1v) is 15.2. The van der Waals surface area contributed by atoms with Crippen LogP contribution in [-0.2, 0) is 30.6 Å². The SMILES string of the molecule is Cc1ccccc1CS(=O)(=O)N1CCC(C(=O)Nc2ccc(S(=O)(=O)Nc3ccc(Cl)cc3)cc2)CC1. The number of halogens is 1. The van der Waals surface area contributed by atoms with Gasteiger partial charge in [-0.1, -0.05) is 35.9 Å². The third kappa shape index (κ3) is 6.89. The Bertz CT molecular complexity index is 1470. The number of hydrogen-bond donors (Lipinski definition) is 2. The van der Waals surface area contributed by atoms with Crippen molar-refractivity contribution < 1.29 is 21.6 Å². The van der Waals surface area contributed by atoms with Crippen LogP contribution in [0.25, 0.3) is 0 Å². The van der Waals surface area contributed by atoms with Gasteiger partial charge in [0, 0.05) is 35.4 Å². The second-order valence-corrected chi connectivity index (χ2v) is 13.1. The molecule has 0 radical (unpaired) electrons. The van der Waals surface area contributed by atoms with Crippen LogP contribution in [0.5, 0.6) is 0 Å². The van der Waals surface area contributed by atoms with Gasteiger partial charge in [0.15, 0.2) is 0 Å². The first-order valence-electron chi connectivity index (χ1n) is 11.8. The summed E-state index contributed by atoms with van der Waals surface area (Å²) in [5.74, 6) is -0.607. The van der Waals surface area contributed by atoms with Gasteiger partial charge in [0.1, 0.15) is 0 Å². The van der Waals surface area contributed by atoms with Crippen LogP contribution in [-0.4, -0.2) is 40.1 Å². The number of piperidine rings is 1. The number of nitrogens with one attached hydrogen (secondary N) is 2. The van der Waals surface area contributed by atoms with Crippen LogP contribution in [0.2, 0.25) is 5.02 Å². The highest BCUT2D eigenvalue weighted by Gasteiger charge is 2.31. The van der Waals surface area contributed by atoms with E-state index in [9.17, 15) is 21.6 Å². The Kier molecular flexibility index (Phi) is 8.23. The molecule has 0 aliphatic carbocycles. The number of benzene rings is 3. The molecular formula is C26H28ClN3O5S2. The maximum atomic E-state index is 12.9. The van der Waals surface area contributed by atoms with Crippen LogP contribution >= 0.6 is 11.6 Å². The highest BCUT2D eigenvalue weighted by atomic mass is 35.5. The largest absolute Gasteiger partial charge is 0.326 e. The first kappa shape index (κ1) is 27.1. The van der Waals surface area contributed by atoms with Crippen LogP contribution in [0.4, 0.5) is 11.4 Å². The summed E-state index contributed by atoms with van der Waals surface area (Å²) in [6, 6.07) is 19.6. The molecule has 3 aromatic rings. The standard InChI is InChI=1S/C26H28ClN3O5S2/c1-19-4-2-3-5-21(19)18-36(32,33)30-16-14-20(15-17-30)26(31)28-23-10-12-25(13-11-23)37(34,35)29-24-8-6-22(27)7-9-24/h2-13,20,29H,14-18H2,1H3,(H,28,31). The average molecular weight is 562 g/mol. The molecule has 0 atom stereocenters. The van der Waals surface area contributed by atoms with Crippen molar-refractivity contribution in [3.8, 4) is 0 Å².